The quantitative estimate of drug-likeness (QED) is 0.200. The molecule has 0 fully saturated rings. The standard InChI is InChI=1S/C42H26O/c1-2-13-28-26-29(25-24-27(28)12-1)30-14-3-4-15-31(30)40-32-16-5-7-18-34(32)41(35-19-8-6-17-33(35)40)37-21-11-23-39-42(37)36-20-9-10-22-38(36)43-39/h1-26H/i1D,23D. The number of rotatable bonds is 3. The van der Waals surface area contributed by atoms with Gasteiger partial charge in [0.25, 0.3) is 0 Å². The SMILES string of the molecule is [2H]c1ccc2cc(-c3ccccc3-c3c4ccccc4c(-c4ccc([2H])c5oc6ccccc6c45)c4ccccc34)ccc2c1. The maximum Gasteiger partial charge on any atom is 0.136 e. The van der Waals surface area contributed by atoms with E-state index in [1.165, 1.54) is 27.5 Å². The van der Waals surface area contributed by atoms with Crippen molar-refractivity contribution < 1.29 is 7.16 Å². The number of fused-ring (bicyclic) bond motifs is 6. The van der Waals surface area contributed by atoms with E-state index in [1.807, 2.05) is 42.5 Å². The summed E-state index contributed by atoms with van der Waals surface area (Å²) in [5, 5.41) is 8.86. The van der Waals surface area contributed by atoms with Crippen molar-refractivity contribution in [2.75, 3.05) is 0 Å². The predicted molar refractivity (Wildman–Crippen MR) is 183 cm³/mol. The van der Waals surface area contributed by atoms with Crippen molar-refractivity contribution in [2.45, 2.75) is 0 Å². The van der Waals surface area contributed by atoms with Gasteiger partial charge in [-0.15, -0.1) is 0 Å². The maximum absolute atomic E-state index is 8.69. The van der Waals surface area contributed by atoms with Crippen molar-refractivity contribution in [2.24, 2.45) is 0 Å². The van der Waals surface area contributed by atoms with Crippen molar-refractivity contribution in [3.63, 3.8) is 0 Å². The van der Waals surface area contributed by atoms with Gasteiger partial charge in [0.1, 0.15) is 11.2 Å². The van der Waals surface area contributed by atoms with Crippen LogP contribution in [0.5, 0.6) is 0 Å². The minimum absolute atomic E-state index is 0.387. The number of furan rings is 1. The van der Waals surface area contributed by atoms with Crippen LogP contribution in [0.4, 0.5) is 0 Å². The minimum Gasteiger partial charge on any atom is -0.456 e. The van der Waals surface area contributed by atoms with Gasteiger partial charge in [0.15, 0.2) is 0 Å². The van der Waals surface area contributed by atoms with E-state index in [4.69, 9.17) is 7.16 Å². The normalized spacial score (nSPS) is 12.4. The Kier molecular flexibility index (Phi) is 4.83. The van der Waals surface area contributed by atoms with E-state index in [1.54, 1.807) is 0 Å². The molecule has 43 heavy (non-hydrogen) atoms. The van der Waals surface area contributed by atoms with E-state index < -0.39 is 0 Å². The van der Waals surface area contributed by atoms with E-state index in [0.717, 1.165) is 54.6 Å². The highest BCUT2D eigenvalue weighted by molar-refractivity contribution is 6.26. The molecule has 0 bridgehead atoms. The Balaban J connectivity index is 1.39. The van der Waals surface area contributed by atoms with Gasteiger partial charge in [0, 0.05) is 10.8 Å². The summed E-state index contributed by atoms with van der Waals surface area (Å²) in [4.78, 5) is 0. The molecule has 0 unspecified atom stereocenters. The Hall–Kier alpha value is -5.66. The van der Waals surface area contributed by atoms with Crippen molar-refractivity contribution in [3.8, 4) is 33.4 Å². The third kappa shape index (κ3) is 3.65. The van der Waals surface area contributed by atoms with Gasteiger partial charge in [-0.1, -0.05) is 140 Å². The van der Waals surface area contributed by atoms with E-state index in [2.05, 4.69) is 103 Å². The Bertz CT molecular complexity index is 2570. The second kappa shape index (κ2) is 9.44. The fraction of sp³-hybridized carbons (Fsp3) is 0. The Morgan fingerprint density at radius 3 is 1.77 bits per heavy atom. The van der Waals surface area contributed by atoms with Gasteiger partial charge in [-0.25, -0.2) is 0 Å². The summed E-state index contributed by atoms with van der Waals surface area (Å²) in [5.74, 6) is 0. The van der Waals surface area contributed by atoms with Crippen molar-refractivity contribution >= 4 is 54.3 Å². The predicted octanol–water partition coefficient (Wildman–Crippen LogP) is 12.0. The molecule has 0 spiro atoms. The lowest BCUT2D eigenvalue weighted by Gasteiger charge is -2.20. The molecule has 200 valence electrons. The molecule has 0 aliphatic carbocycles. The molecule has 0 atom stereocenters. The van der Waals surface area contributed by atoms with Gasteiger partial charge in [0.05, 0.1) is 2.74 Å². The van der Waals surface area contributed by atoms with Crippen LogP contribution in [0.2, 0.25) is 0 Å². The maximum atomic E-state index is 8.69. The van der Waals surface area contributed by atoms with Crippen molar-refractivity contribution in [1.82, 2.24) is 0 Å². The summed E-state index contributed by atoms with van der Waals surface area (Å²) >= 11 is 0. The summed E-state index contributed by atoms with van der Waals surface area (Å²) in [5.41, 5.74) is 8.31. The summed E-state index contributed by atoms with van der Waals surface area (Å²) in [6, 6.07) is 51.3. The van der Waals surface area contributed by atoms with E-state index >= 15 is 0 Å². The monoisotopic (exact) mass is 548 g/mol. The van der Waals surface area contributed by atoms with E-state index in [-0.39, 0.29) is 0 Å². The van der Waals surface area contributed by atoms with Crippen LogP contribution in [0, 0.1) is 0 Å². The van der Waals surface area contributed by atoms with Crippen LogP contribution in [0.3, 0.4) is 0 Å². The van der Waals surface area contributed by atoms with Crippen LogP contribution in [0.15, 0.2) is 162 Å². The van der Waals surface area contributed by atoms with Crippen LogP contribution >= 0.6 is 0 Å². The number of hydrogen-bond donors (Lipinski definition) is 0. The summed E-state index contributed by atoms with van der Waals surface area (Å²) in [7, 11) is 0. The number of hydrogen-bond acceptors (Lipinski definition) is 1. The molecule has 0 aliphatic rings. The highest BCUT2D eigenvalue weighted by atomic mass is 16.3. The van der Waals surface area contributed by atoms with Crippen LogP contribution in [0.1, 0.15) is 2.74 Å². The molecule has 0 radical (unpaired) electrons. The lowest BCUT2D eigenvalue weighted by Crippen LogP contribution is -1.93. The lowest BCUT2D eigenvalue weighted by molar-refractivity contribution is 0.669. The largest absolute Gasteiger partial charge is 0.456 e. The first-order valence-electron chi connectivity index (χ1n) is 15.6. The smallest absolute Gasteiger partial charge is 0.136 e. The Morgan fingerprint density at radius 2 is 1.02 bits per heavy atom. The highest BCUT2D eigenvalue weighted by Crippen LogP contribution is 2.48. The van der Waals surface area contributed by atoms with Gasteiger partial charge in [-0.05, 0) is 83.9 Å². The average molecular weight is 549 g/mol. The zero-order chi connectivity index (χ0) is 30.1. The molecule has 9 aromatic rings. The first-order valence-corrected chi connectivity index (χ1v) is 14.6. The average Bonchev–Trinajstić information content (AvgIpc) is 3.48. The molecule has 1 heteroatoms. The molecular formula is C42H26O. The summed E-state index contributed by atoms with van der Waals surface area (Å²) in [6.45, 7) is 0. The third-order valence-corrected chi connectivity index (χ3v) is 8.72. The van der Waals surface area contributed by atoms with Crippen LogP contribution in [0.25, 0.3) is 87.6 Å². The first kappa shape index (κ1) is 22.0. The van der Waals surface area contributed by atoms with E-state index in [9.17, 15) is 0 Å². The molecule has 0 N–H and O–H groups in total. The fourth-order valence-electron chi connectivity index (χ4n) is 6.86. The molecule has 0 amide bonds. The molecule has 0 saturated carbocycles. The van der Waals surface area contributed by atoms with Gasteiger partial charge in [-0.3, -0.25) is 0 Å². The third-order valence-electron chi connectivity index (χ3n) is 8.72. The molecular weight excluding hydrogens is 520 g/mol. The zero-order valence-corrected chi connectivity index (χ0v) is 23.3. The highest BCUT2D eigenvalue weighted by Gasteiger charge is 2.21. The van der Waals surface area contributed by atoms with Gasteiger partial charge < -0.3 is 4.42 Å². The van der Waals surface area contributed by atoms with Crippen LogP contribution in [-0.2, 0) is 0 Å². The van der Waals surface area contributed by atoms with Gasteiger partial charge >= 0.3 is 0 Å². The second-order valence-corrected chi connectivity index (χ2v) is 11.1. The van der Waals surface area contributed by atoms with Crippen LogP contribution in [-0.4, -0.2) is 0 Å². The summed E-state index contributed by atoms with van der Waals surface area (Å²) < 4.78 is 23.0. The number of para-hydroxylation sites is 1. The first-order chi connectivity index (χ1) is 22.2. The molecule has 0 saturated heterocycles. The molecule has 8 aromatic carbocycles. The second-order valence-electron chi connectivity index (χ2n) is 11.1. The molecule has 1 aromatic heterocycles. The molecule has 1 nitrogen and oxygen atoms in total. The topological polar surface area (TPSA) is 13.1 Å². The molecule has 0 aliphatic heterocycles. The Morgan fingerprint density at radius 1 is 0.419 bits per heavy atom. The van der Waals surface area contributed by atoms with E-state index in [0.29, 0.717) is 17.7 Å². The van der Waals surface area contributed by atoms with Gasteiger partial charge in [0.2, 0.25) is 0 Å². The molecule has 9 rings (SSSR count). The Labute approximate surface area is 252 Å². The minimum atomic E-state index is 0.387. The molecule has 1 heterocycles. The lowest BCUT2D eigenvalue weighted by atomic mass is 9.83. The van der Waals surface area contributed by atoms with Crippen molar-refractivity contribution in [1.29, 1.82) is 0 Å². The van der Waals surface area contributed by atoms with Gasteiger partial charge in [-0.2, -0.15) is 0 Å². The van der Waals surface area contributed by atoms with Crippen molar-refractivity contribution in [3.05, 3.63) is 158 Å². The van der Waals surface area contributed by atoms with Crippen LogP contribution < -0.4 is 0 Å². The zero-order valence-electron chi connectivity index (χ0n) is 25.3. The number of benzene rings is 8. The summed E-state index contributed by atoms with van der Waals surface area (Å²) in [6.07, 6.45) is 0. The fourth-order valence-corrected chi connectivity index (χ4v) is 6.86.